The number of benzene rings is 1. The second-order valence-corrected chi connectivity index (χ2v) is 6.54. The van der Waals surface area contributed by atoms with Crippen LogP contribution in [0, 0.1) is 6.92 Å². The van der Waals surface area contributed by atoms with E-state index in [1.165, 1.54) is 23.5 Å². The van der Waals surface area contributed by atoms with Crippen LogP contribution >= 0.6 is 0 Å². The van der Waals surface area contributed by atoms with E-state index in [-0.39, 0.29) is 12.3 Å². The van der Waals surface area contributed by atoms with Crippen LogP contribution in [0.2, 0.25) is 0 Å². The van der Waals surface area contributed by atoms with Gasteiger partial charge in [-0.2, -0.15) is 0 Å². The molecule has 0 saturated heterocycles. The van der Waals surface area contributed by atoms with Gasteiger partial charge in [-0.05, 0) is 48.2 Å². The van der Waals surface area contributed by atoms with Crippen molar-refractivity contribution in [2.75, 3.05) is 0 Å². The number of hydrogen-bond acceptors (Lipinski definition) is 4. The van der Waals surface area contributed by atoms with Gasteiger partial charge in [0.1, 0.15) is 5.58 Å². The molecule has 2 N–H and O–H groups in total. The van der Waals surface area contributed by atoms with Crippen LogP contribution < -0.4 is 10.9 Å². The Morgan fingerprint density at radius 2 is 1.88 bits per heavy atom. The molecule has 0 bridgehead atoms. The lowest BCUT2D eigenvalue weighted by Crippen LogP contribution is -2.42. The molecule has 0 spiro atoms. The zero-order valence-electron chi connectivity index (χ0n) is 15.0. The lowest BCUT2D eigenvalue weighted by molar-refractivity contribution is -0.121. The molecule has 2 heterocycles. The molecule has 2 aromatic heterocycles. The van der Waals surface area contributed by atoms with E-state index in [9.17, 15) is 9.59 Å². The first kappa shape index (κ1) is 17.7. The van der Waals surface area contributed by atoms with E-state index in [4.69, 9.17) is 4.42 Å². The third-order valence-corrected chi connectivity index (χ3v) is 4.27. The summed E-state index contributed by atoms with van der Waals surface area (Å²) in [5.41, 5.74) is 9.20. The number of furan rings is 1. The van der Waals surface area contributed by atoms with Gasteiger partial charge in [0.15, 0.2) is 0 Å². The maximum atomic E-state index is 12.2. The number of carbonyl (C=O) groups is 2. The van der Waals surface area contributed by atoms with Crippen molar-refractivity contribution in [3.8, 4) is 0 Å². The van der Waals surface area contributed by atoms with E-state index in [1.54, 1.807) is 18.4 Å². The van der Waals surface area contributed by atoms with Crippen molar-refractivity contribution in [3.05, 3.63) is 65.2 Å². The molecule has 0 fully saturated rings. The molecule has 0 aliphatic rings. The Balaban J connectivity index is 1.69. The van der Waals surface area contributed by atoms with Crippen LogP contribution in [-0.4, -0.2) is 16.8 Å². The summed E-state index contributed by atoms with van der Waals surface area (Å²) in [5.74, 6) is -0.326. The number of fused-ring (bicyclic) bond motifs is 1. The molecule has 0 aliphatic carbocycles. The van der Waals surface area contributed by atoms with Gasteiger partial charge < -0.3 is 4.42 Å². The first-order valence-corrected chi connectivity index (χ1v) is 8.45. The molecule has 3 rings (SSSR count). The number of pyridine rings is 1. The first-order valence-electron chi connectivity index (χ1n) is 8.45. The molecule has 0 unspecified atom stereocenters. The summed E-state index contributed by atoms with van der Waals surface area (Å²) < 4.78 is 5.59. The topological polar surface area (TPSA) is 84.2 Å². The van der Waals surface area contributed by atoms with Gasteiger partial charge in [0.05, 0.1) is 12.7 Å². The minimum atomic E-state index is -0.393. The third kappa shape index (κ3) is 3.74. The van der Waals surface area contributed by atoms with Crippen LogP contribution in [0.1, 0.15) is 46.8 Å². The molecule has 0 aliphatic heterocycles. The fourth-order valence-electron chi connectivity index (χ4n) is 2.92. The molecule has 134 valence electrons. The zero-order valence-corrected chi connectivity index (χ0v) is 15.0. The Kier molecular flexibility index (Phi) is 5.02. The number of aryl methyl sites for hydroxylation is 1. The van der Waals surface area contributed by atoms with Gasteiger partial charge >= 0.3 is 0 Å². The largest absolute Gasteiger partial charge is 0.464 e. The Bertz CT molecular complexity index is 946. The van der Waals surface area contributed by atoms with Crippen LogP contribution in [-0.2, 0) is 11.2 Å². The quantitative estimate of drug-likeness (QED) is 0.707. The lowest BCUT2D eigenvalue weighted by atomic mass is 9.95. The summed E-state index contributed by atoms with van der Waals surface area (Å²) in [6.07, 6.45) is 4.74. The normalized spacial score (nSPS) is 10.9. The molecule has 3 aromatic rings. The minimum absolute atomic E-state index is 0.115. The SMILES string of the molecule is Cc1cc2occ(CC(=O)NNC(=O)c3ccncc3)c2cc1C(C)C. The monoisotopic (exact) mass is 351 g/mol. The third-order valence-electron chi connectivity index (χ3n) is 4.27. The van der Waals surface area contributed by atoms with Crippen LogP contribution in [0.15, 0.2) is 47.3 Å². The van der Waals surface area contributed by atoms with Crippen LogP contribution in [0.4, 0.5) is 0 Å². The van der Waals surface area contributed by atoms with Crippen molar-refractivity contribution in [2.24, 2.45) is 0 Å². The smallest absolute Gasteiger partial charge is 0.269 e. The van der Waals surface area contributed by atoms with Gasteiger partial charge in [-0.25, -0.2) is 0 Å². The zero-order chi connectivity index (χ0) is 18.7. The van der Waals surface area contributed by atoms with E-state index < -0.39 is 5.91 Å². The number of aromatic nitrogens is 1. The number of carbonyl (C=O) groups excluding carboxylic acids is 2. The molecule has 0 atom stereocenters. The second-order valence-electron chi connectivity index (χ2n) is 6.54. The fourth-order valence-corrected chi connectivity index (χ4v) is 2.92. The van der Waals surface area contributed by atoms with Gasteiger partial charge in [-0.3, -0.25) is 25.4 Å². The molecule has 0 radical (unpaired) electrons. The van der Waals surface area contributed by atoms with E-state index >= 15 is 0 Å². The van der Waals surface area contributed by atoms with Crippen molar-refractivity contribution in [2.45, 2.75) is 33.1 Å². The second kappa shape index (κ2) is 7.39. The van der Waals surface area contributed by atoms with Gasteiger partial charge in [0.2, 0.25) is 5.91 Å². The highest BCUT2D eigenvalue weighted by atomic mass is 16.3. The predicted octanol–water partition coefficient (Wildman–Crippen LogP) is 3.26. The van der Waals surface area contributed by atoms with Crippen molar-refractivity contribution in [3.63, 3.8) is 0 Å². The highest BCUT2D eigenvalue weighted by Crippen LogP contribution is 2.29. The van der Waals surface area contributed by atoms with E-state index in [0.717, 1.165) is 16.5 Å². The molecule has 26 heavy (non-hydrogen) atoms. The summed E-state index contributed by atoms with van der Waals surface area (Å²) in [4.78, 5) is 28.0. The molecular formula is C20H21N3O3. The Morgan fingerprint density at radius 3 is 2.58 bits per heavy atom. The minimum Gasteiger partial charge on any atom is -0.464 e. The Labute approximate surface area is 151 Å². The van der Waals surface area contributed by atoms with Crippen molar-refractivity contribution in [1.82, 2.24) is 15.8 Å². The summed E-state index contributed by atoms with van der Waals surface area (Å²) >= 11 is 0. The molecule has 6 nitrogen and oxygen atoms in total. The molecule has 6 heteroatoms. The maximum Gasteiger partial charge on any atom is 0.269 e. The van der Waals surface area contributed by atoms with Crippen LogP contribution in [0.25, 0.3) is 11.0 Å². The fraction of sp³-hybridized carbons (Fsp3) is 0.250. The number of rotatable bonds is 4. The van der Waals surface area contributed by atoms with Gasteiger partial charge in [0, 0.05) is 28.9 Å². The Morgan fingerprint density at radius 1 is 1.15 bits per heavy atom. The summed E-state index contributed by atoms with van der Waals surface area (Å²) in [7, 11) is 0. The number of nitrogens with zero attached hydrogens (tertiary/aromatic N) is 1. The molecular weight excluding hydrogens is 330 g/mol. The van der Waals surface area contributed by atoms with Crippen LogP contribution in [0.5, 0.6) is 0 Å². The van der Waals surface area contributed by atoms with Crippen molar-refractivity contribution >= 4 is 22.8 Å². The summed E-state index contributed by atoms with van der Waals surface area (Å²) in [5, 5.41) is 0.926. The van der Waals surface area contributed by atoms with Crippen molar-refractivity contribution < 1.29 is 14.0 Å². The predicted molar refractivity (Wildman–Crippen MR) is 98.6 cm³/mol. The highest BCUT2D eigenvalue weighted by molar-refractivity contribution is 5.96. The van der Waals surface area contributed by atoms with Gasteiger partial charge in [-0.1, -0.05) is 13.8 Å². The molecule has 1 aromatic carbocycles. The number of hydrazine groups is 1. The molecule has 0 saturated carbocycles. The number of nitrogens with one attached hydrogen (secondary N) is 2. The first-order chi connectivity index (χ1) is 12.5. The summed E-state index contributed by atoms with van der Waals surface area (Å²) in [6, 6.07) is 7.22. The van der Waals surface area contributed by atoms with Crippen molar-refractivity contribution in [1.29, 1.82) is 0 Å². The van der Waals surface area contributed by atoms with E-state index in [1.807, 2.05) is 6.07 Å². The van der Waals surface area contributed by atoms with Gasteiger partial charge in [0.25, 0.3) is 5.91 Å². The average Bonchev–Trinajstić information content (AvgIpc) is 3.01. The maximum absolute atomic E-state index is 12.2. The Hall–Kier alpha value is -3.15. The highest BCUT2D eigenvalue weighted by Gasteiger charge is 2.14. The van der Waals surface area contributed by atoms with E-state index in [2.05, 4.69) is 42.7 Å². The van der Waals surface area contributed by atoms with E-state index in [0.29, 0.717) is 11.5 Å². The van der Waals surface area contributed by atoms with Gasteiger partial charge in [-0.15, -0.1) is 0 Å². The number of amides is 2. The lowest BCUT2D eigenvalue weighted by Gasteiger charge is -2.10. The standard InChI is InChI=1S/C20H21N3O3/c1-12(2)16-10-17-15(11-26-18(17)8-13(16)3)9-19(24)22-23-20(25)14-4-6-21-7-5-14/h4-8,10-12H,9H2,1-3H3,(H,22,24)(H,23,25). The average molecular weight is 351 g/mol. The van der Waals surface area contributed by atoms with Crippen LogP contribution in [0.3, 0.4) is 0 Å². The number of hydrogen-bond donors (Lipinski definition) is 2. The summed E-state index contributed by atoms with van der Waals surface area (Å²) in [6.45, 7) is 6.32. The molecule has 2 amide bonds.